The van der Waals surface area contributed by atoms with E-state index in [-0.39, 0.29) is 0 Å². The highest BCUT2D eigenvalue weighted by Crippen LogP contribution is 2.18. The van der Waals surface area contributed by atoms with Crippen molar-refractivity contribution in [1.82, 2.24) is 9.97 Å². The Morgan fingerprint density at radius 2 is 2.00 bits per heavy atom. The standard InChI is InChI=1S/C19H15N3/c1-14-10-11-17-18(12-14)22-19(21-17)16(13-20)9-5-8-15-6-3-2-4-7-15/h2-12H,1H3,(H,21,22). The van der Waals surface area contributed by atoms with Crippen molar-refractivity contribution >= 4 is 22.7 Å². The zero-order chi connectivity index (χ0) is 15.4. The minimum atomic E-state index is 0.515. The largest absolute Gasteiger partial charge is 0.337 e. The fraction of sp³-hybridized carbons (Fsp3) is 0.0526. The number of nitrogens with zero attached hydrogens (tertiary/aromatic N) is 2. The molecule has 0 spiro atoms. The van der Waals surface area contributed by atoms with Crippen molar-refractivity contribution in [3.8, 4) is 6.07 Å². The Morgan fingerprint density at radius 1 is 1.18 bits per heavy atom. The SMILES string of the molecule is Cc1ccc2nc(C(C#N)=CC=Cc3ccccc3)[nH]c2c1. The van der Waals surface area contributed by atoms with Gasteiger partial charge in [-0.15, -0.1) is 0 Å². The Morgan fingerprint density at radius 3 is 2.77 bits per heavy atom. The van der Waals surface area contributed by atoms with Crippen molar-refractivity contribution in [1.29, 1.82) is 5.26 Å². The quantitative estimate of drug-likeness (QED) is 0.569. The molecule has 0 aliphatic heterocycles. The Bertz CT molecular complexity index is 893. The first-order chi connectivity index (χ1) is 10.8. The van der Waals surface area contributed by atoms with Crippen LogP contribution in [0.5, 0.6) is 0 Å². The predicted molar refractivity (Wildman–Crippen MR) is 89.9 cm³/mol. The molecule has 0 aliphatic rings. The van der Waals surface area contributed by atoms with Crippen molar-refractivity contribution in [2.75, 3.05) is 0 Å². The summed E-state index contributed by atoms with van der Waals surface area (Å²) in [5.41, 5.74) is 4.59. The van der Waals surface area contributed by atoms with Gasteiger partial charge in [-0.2, -0.15) is 5.26 Å². The molecule has 0 fully saturated rings. The first kappa shape index (κ1) is 13.8. The summed E-state index contributed by atoms with van der Waals surface area (Å²) >= 11 is 0. The first-order valence-corrected chi connectivity index (χ1v) is 7.06. The van der Waals surface area contributed by atoms with Gasteiger partial charge in [0.05, 0.1) is 16.6 Å². The number of rotatable bonds is 3. The molecular formula is C19H15N3. The van der Waals surface area contributed by atoms with E-state index in [4.69, 9.17) is 0 Å². The van der Waals surface area contributed by atoms with Gasteiger partial charge in [-0.1, -0.05) is 48.6 Å². The second-order valence-corrected chi connectivity index (χ2v) is 5.07. The second-order valence-electron chi connectivity index (χ2n) is 5.07. The van der Waals surface area contributed by atoms with Gasteiger partial charge in [0.2, 0.25) is 0 Å². The third kappa shape index (κ3) is 2.97. The van der Waals surface area contributed by atoms with E-state index in [0.29, 0.717) is 11.4 Å². The minimum Gasteiger partial charge on any atom is -0.337 e. The lowest BCUT2D eigenvalue weighted by Gasteiger charge is -1.91. The number of aromatic nitrogens is 2. The highest BCUT2D eigenvalue weighted by molar-refractivity contribution is 5.83. The fourth-order valence-electron chi connectivity index (χ4n) is 2.24. The van der Waals surface area contributed by atoms with Gasteiger partial charge in [-0.3, -0.25) is 0 Å². The maximum absolute atomic E-state index is 9.34. The van der Waals surface area contributed by atoms with Crippen molar-refractivity contribution in [2.45, 2.75) is 6.92 Å². The van der Waals surface area contributed by atoms with Gasteiger partial charge < -0.3 is 4.98 Å². The number of aryl methyl sites for hydroxylation is 1. The van der Waals surface area contributed by atoms with E-state index in [1.807, 2.05) is 67.6 Å². The van der Waals surface area contributed by atoms with E-state index in [1.54, 1.807) is 6.08 Å². The summed E-state index contributed by atoms with van der Waals surface area (Å²) < 4.78 is 0. The third-order valence-electron chi connectivity index (χ3n) is 3.36. The van der Waals surface area contributed by atoms with E-state index in [1.165, 1.54) is 0 Å². The van der Waals surface area contributed by atoms with E-state index >= 15 is 0 Å². The molecular weight excluding hydrogens is 270 g/mol. The Hall–Kier alpha value is -3.12. The molecule has 1 heterocycles. The van der Waals surface area contributed by atoms with Gasteiger partial charge >= 0.3 is 0 Å². The van der Waals surface area contributed by atoms with Crippen LogP contribution in [0, 0.1) is 18.3 Å². The van der Waals surface area contributed by atoms with Crippen molar-refractivity contribution < 1.29 is 0 Å². The number of nitriles is 1. The highest BCUT2D eigenvalue weighted by Gasteiger charge is 2.06. The van der Waals surface area contributed by atoms with Crippen molar-refractivity contribution in [3.63, 3.8) is 0 Å². The molecule has 1 N–H and O–H groups in total. The van der Waals surface area contributed by atoms with Crippen LogP contribution in [-0.2, 0) is 0 Å². The van der Waals surface area contributed by atoms with Crippen LogP contribution < -0.4 is 0 Å². The van der Waals surface area contributed by atoms with Crippen LogP contribution in [0.4, 0.5) is 0 Å². The molecule has 0 radical (unpaired) electrons. The van der Waals surface area contributed by atoms with Gasteiger partial charge in [0.25, 0.3) is 0 Å². The summed E-state index contributed by atoms with van der Waals surface area (Å²) in [7, 11) is 0. The number of aromatic amines is 1. The van der Waals surface area contributed by atoms with Crippen LogP contribution in [0.2, 0.25) is 0 Å². The van der Waals surface area contributed by atoms with Gasteiger partial charge in [0.1, 0.15) is 11.9 Å². The number of benzene rings is 2. The first-order valence-electron chi connectivity index (χ1n) is 7.06. The molecule has 3 heteroatoms. The monoisotopic (exact) mass is 285 g/mol. The lowest BCUT2D eigenvalue weighted by Crippen LogP contribution is -1.83. The summed E-state index contributed by atoms with van der Waals surface area (Å²) in [6, 6.07) is 18.2. The smallest absolute Gasteiger partial charge is 0.149 e. The summed E-state index contributed by atoms with van der Waals surface area (Å²) in [5.74, 6) is 0.598. The summed E-state index contributed by atoms with van der Waals surface area (Å²) in [4.78, 5) is 7.67. The van der Waals surface area contributed by atoms with Crippen molar-refractivity contribution in [3.05, 3.63) is 77.6 Å². The Balaban J connectivity index is 1.91. The van der Waals surface area contributed by atoms with Gasteiger partial charge in [-0.25, -0.2) is 4.98 Å². The number of allylic oxidation sites excluding steroid dienone is 3. The van der Waals surface area contributed by atoms with Crippen LogP contribution in [0.1, 0.15) is 17.0 Å². The fourth-order valence-corrected chi connectivity index (χ4v) is 2.24. The molecule has 2 aromatic carbocycles. The van der Waals surface area contributed by atoms with Crippen LogP contribution in [0.25, 0.3) is 22.7 Å². The third-order valence-corrected chi connectivity index (χ3v) is 3.36. The molecule has 1 aromatic heterocycles. The number of imidazole rings is 1. The van der Waals surface area contributed by atoms with Crippen LogP contribution in [-0.4, -0.2) is 9.97 Å². The highest BCUT2D eigenvalue weighted by atomic mass is 14.9. The predicted octanol–water partition coefficient (Wildman–Crippen LogP) is 4.49. The van der Waals surface area contributed by atoms with Gasteiger partial charge in [-0.05, 0) is 36.3 Å². The Kier molecular flexibility index (Phi) is 3.84. The van der Waals surface area contributed by atoms with E-state index in [2.05, 4.69) is 16.0 Å². The molecule has 22 heavy (non-hydrogen) atoms. The molecule has 0 atom stereocenters. The topological polar surface area (TPSA) is 52.5 Å². The molecule has 0 amide bonds. The van der Waals surface area contributed by atoms with Gasteiger partial charge in [0, 0.05) is 0 Å². The maximum Gasteiger partial charge on any atom is 0.149 e. The van der Waals surface area contributed by atoms with Crippen LogP contribution >= 0.6 is 0 Å². The molecule has 0 bridgehead atoms. The van der Waals surface area contributed by atoms with E-state index in [9.17, 15) is 5.26 Å². The number of fused-ring (bicyclic) bond motifs is 1. The summed E-state index contributed by atoms with van der Waals surface area (Å²) in [6.07, 6.45) is 5.61. The number of hydrogen-bond acceptors (Lipinski definition) is 2. The zero-order valence-corrected chi connectivity index (χ0v) is 12.2. The molecule has 3 nitrogen and oxygen atoms in total. The lowest BCUT2D eigenvalue weighted by atomic mass is 10.2. The molecule has 0 unspecified atom stereocenters. The van der Waals surface area contributed by atoms with Crippen LogP contribution in [0.15, 0.2) is 60.7 Å². The number of nitrogens with one attached hydrogen (secondary N) is 1. The second kappa shape index (κ2) is 6.11. The van der Waals surface area contributed by atoms with E-state index in [0.717, 1.165) is 22.2 Å². The summed E-state index contributed by atoms with van der Waals surface area (Å²) in [6.45, 7) is 2.03. The Labute approximate surface area is 129 Å². The normalized spacial score (nSPS) is 11.9. The zero-order valence-electron chi connectivity index (χ0n) is 12.2. The molecule has 0 saturated heterocycles. The number of hydrogen-bond donors (Lipinski definition) is 1. The lowest BCUT2D eigenvalue weighted by molar-refractivity contribution is 1.27. The average Bonchev–Trinajstić information content (AvgIpc) is 2.95. The molecule has 0 aliphatic carbocycles. The average molecular weight is 285 g/mol. The molecule has 3 aromatic rings. The molecule has 3 rings (SSSR count). The van der Waals surface area contributed by atoms with E-state index < -0.39 is 0 Å². The molecule has 0 saturated carbocycles. The van der Waals surface area contributed by atoms with Gasteiger partial charge in [0.15, 0.2) is 0 Å². The van der Waals surface area contributed by atoms with Crippen molar-refractivity contribution in [2.24, 2.45) is 0 Å². The molecule has 106 valence electrons. The number of H-pyrrole nitrogens is 1. The summed E-state index contributed by atoms with van der Waals surface area (Å²) in [5, 5.41) is 9.34. The van der Waals surface area contributed by atoms with Crippen LogP contribution in [0.3, 0.4) is 0 Å². The minimum absolute atomic E-state index is 0.515. The maximum atomic E-state index is 9.34.